The largest absolute Gasteiger partial charge is 0.495 e. The molecule has 0 aromatic heterocycles. The Hall–Kier alpha value is -4.17. The first-order valence-corrected chi connectivity index (χ1v) is 10.1. The van der Waals surface area contributed by atoms with Crippen molar-refractivity contribution in [3.8, 4) is 5.75 Å². The highest BCUT2D eigenvalue weighted by Crippen LogP contribution is 2.28. The number of nitro benzene ring substituents is 1. The van der Waals surface area contributed by atoms with E-state index >= 15 is 0 Å². The number of hydrogen-bond acceptors (Lipinski definition) is 5. The van der Waals surface area contributed by atoms with Crippen LogP contribution in [0.3, 0.4) is 0 Å². The van der Waals surface area contributed by atoms with E-state index in [1.165, 1.54) is 43.5 Å². The second kappa shape index (κ2) is 10.4. The molecule has 0 heterocycles. The summed E-state index contributed by atoms with van der Waals surface area (Å²) in [5, 5.41) is 16.6. The summed E-state index contributed by atoms with van der Waals surface area (Å²) in [4.78, 5) is 36.3. The molecule has 3 aromatic carbocycles. The van der Waals surface area contributed by atoms with Crippen LogP contribution >= 0.6 is 11.6 Å². The number of amides is 2. The molecule has 0 bridgehead atoms. The molecule has 2 amide bonds. The minimum absolute atomic E-state index is 0.0719. The van der Waals surface area contributed by atoms with Gasteiger partial charge in [0.15, 0.2) is 0 Å². The van der Waals surface area contributed by atoms with Crippen molar-refractivity contribution in [2.75, 3.05) is 12.4 Å². The van der Waals surface area contributed by atoms with Crippen LogP contribution in [-0.4, -0.2) is 23.8 Å². The van der Waals surface area contributed by atoms with Crippen LogP contribution in [0.15, 0.2) is 72.4 Å². The first-order valence-electron chi connectivity index (χ1n) is 9.76. The molecular weight excluding hydrogens is 446 g/mol. The summed E-state index contributed by atoms with van der Waals surface area (Å²) in [7, 11) is 1.45. The third-order valence-corrected chi connectivity index (χ3v) is 4.83. The summed E-state index contributed by atoms with van der Waals surface area (Å²) in [5.41, 5.74) is 1.89. The van der Waals surface area contributed by atoms with Gasteiger partial charge in [0, 0.05) is 22.7 Å². The summed E-state index contributed by atoms with van der Waals surface area (Å²) >= 11 is 6.04. The summed E-state index contributed by atoms with van der Waals surface area (Å²) in [6, 6.07) is 17.2. The number of benzene rings is 3. The van der Waals surface area contributed by atoms with E-state index in [0.717, 1.165) is 5.56 Å². The average molecular weight is 466 g/mol. The van der Waals surface area contributed by atoms with Gasteiger partial charge in [-0.15, -0.1) is 0 Å². The Morgan fingerprint density at radius 3 is 2.42 bits per heavy atom. The summed E-state index contributed by atoms with van der Waals surface area (Å²) in [5.74, 6) is -0.734. The molecule has 0 unspecified atom stereocenters. The van der Waals surface area contributed by atoms with Crippen molar-refractivity contribution < 1.29 is 19.2 Å². The molecule has 0 spiro atoms. The number of hydrogen-bond donors (Lipinski definition) is 2. The van der Waals surface area contributed by atoms with Gasteiger partial charge in [-0.1, -0.05) is 29.3 Å². The van der Waals surface area contributed by atoms with Gasteiger partial charge in [-0.2, -0.15) is 0 Å². The van der Waals surface area contributed by atoms with Gasteiger partial charge in [0.1, 0.15) is 11.4 Å². The van der Waals surface area contributed by atoms with Crippen molar-refractivity contribution in [1.82, 2.24) is 5.32 Å². The number of carbonyl (C=O) groups is 2. The maximum Gasteiger partial charge on any atom is 0.272 e. The first kappa shape index (κ1) is 23.5. The maximum atomic E-state index is 13.1. The lowest BCUT2D eigenvalue weighted by atomic mass is 10.1. The Labute approximate surface area is 195 Å². The van der Waals surface area contributed by atoms with Gasteiger partial charge >= 0.3 is 0 Å². The van der Waals surface area contributed by atoms with Crippen LogP contribution in [0.25, 0.3) is 6.08 Å². The number of anilines is 1. The predicted octanol–water partition coefficient (Wildman–Crippen LogP) is 4.97. The smallest absolute Gasteiger partial charge is 0.272 e. The van der Waals surface area contributed by atoms with Crippen molar-refractivity contribution in [1.29, 1.82) is 0 Å². The van der Waals surface area contributed by atoms with E-state index in [1.54, 1.807) is 30.3 Å². The highest BCUT2D eigenvalue weighted by molar-refractivity contribution is 6.31. The van der Waals surface area contributed by atoms with Crippen LogP contribution in [0, 0.1) is 17.0 Å². The number of aryl methyl sites for hydroxylation is 1. The lowest BCUT2D eigenvalue weighted by Gasteiger charge is -2.14. The van der Waals surface area contributed by atoms with Crippen LogP contribution in [0.5, 0.6) is 5.75 Å². The molecule has 0 aliphatic heterocycles. The Morgan fingerprint density at radius 1 is 1.06 bits per heavy atom. The molecule has 3 rings (SSSR count). The van der Waals surface area contributed by atoms with Gasteiger partial charge in [-0.3, -0.25) is 19.7 Å². The molecule has 0 saturated carbocycles. The number of methoxy groups -OCH3 is 1. The molecule has 0 fully saturated rings. The van der Waals surface area contributed by atoms with Crippen LogP contribution < -0.4 is 15.4 Å². The molecule has 8 nitrogen and oxygen atoms in total. The zero-order chi connectivity index (χ0) is 24.0. The van der Waals surface area contributed by atoms with Crippen LogP contribution in [0.2, 0.25) is 5.02 Å². The van der Waals surface area contributed by atoms with E-state index in [2.05, 4.69) is 10.6 Å². The molecule has 168 valence electrons. The first-order chi connectivity index (χ1) is 15.8. The number of rotatable bonds is 7. The van der Waals surface area contributed by atoms with Crippen molar-refractivity contribution in [3.05, 3.63) is 104 Å². The molecule has 0 aliphatic rings. The molecule has 3 aromatic rings. The van der Waals surface area contributed by atoms with Crippen LogP contribution in [-0.2, 0) is 4.79 Å². The maximum absolute atomic E-state index is 13.1. The van der Waals surface area contributed by atoms with E-state index in [9.17, 15) is 19.7 Å². The molecular formula is C24H20ClN3O5. The van der Waals surface area contributed by atoms with Gasteiger partial charge in [0.2, 0.25) is 0 Å². The van der Waals surface area contributed by atoms with Gasteiger partial charge in [-0.05, 0) is 61.0 Å². The fourth-order valence-corrected chi connectivity index (χ4v) is 3.14. The SMILES string of the molecule is COc1ccc(Cl)cc1NC(=O)C(=Cc1ccc([N+](=O)[O-])cc1)NC(=O)c1cccc(C)c1. The Balaban J connectivity index is 1.95. The van der Waals surface area contributed by atoms with Gasteiger partial charge < -0.3 is 15.4 Å². The highest BCUT2D eigenvalue weighted by atomic mass is 35.5. The third-order valence-electron chi connectivity index (χ3n) is 4.60. The summed E-state index contributed by atoms with van der Waals surface area (Å²) in [6.07, 6.45) is 1.42. The quantitative estimate of drug-likeness (QED) is 0.290. The number of nitrogens with zero attached hydrogens (tertiary/aromatic N) is 1. The number of non-ortho nitro benzene ring substituents is 1. The summed E-state index contributed by atoms with van der Waals surface area (Å²) in [6.45, 7) is 1.85. The Bertz CT molecular complexity index is 1240. The van der Waals surface area contributed by atoms with Crippen LogP contribution in [0.4, 0.5) is 11.4 Å². The Morgan fingerprint density at radius 2 is 1.79 bits per heavy atom. The molecule has 0 aliphatic carbocycles. The number of ether oxygens (including phenoxy) is 1. The molecule has 0 saturated heterocycles. The van der Waals surface area contributed by atoms with Crippen molar-refractivity contribution in [2.45, 2.75) is 6.92 Å². The van der Waals surface area contributed by atoms with Crippen LogP contribution in [0.1, 0.15) is 21.5 Å². The van der Waals surface area contributed by atoms with Gasteiger partial charge in [0.25, 0.3) is 17.5 Å². The van der Waals surface area contributed by atoms with Crippen molar-refractivity contribution in [2.24, 2.45) is 0 Å². The highest BCUT2D eigenvalue weighted by Gasteiger charge is 2.17. The molecule has 0 atom stereocenters. The lowest BCUT2D eigenvalue weighted by molar-refractivity contribution is -0.384. The van der Waals surface area contributed by atoms with Crippen molar-refractivity contribution >= 4 is 40.9 Å². The second-order valence-corrected chi connectivity index (χ2v) is 7.47. The predicted molar refractivity (Wildman–Crippen MR) is 126 cm³/mol. The topological polar surface area (TPSA) is 111 Å². The van der Waals surface area contributed by atoms with E-state index < -0.39 is 16.7 Å². The van der Waals surface area contributed by atoms with Crippen molar-refractivity contribution in [3.63, 3.8) is 0 Å². The van der Waals surface area contributed by atoms with Gasteiger partial charge in [-0.25, -0.2) is 0 Å². The molecule has 9 heteroatoms. The third kappa shape index (κ3) is 6.18. The standard InChI is InChI=1S/C24H20ClN3O5/c1-15-4-3-5-17(12-15)23(29)27-21(13-16-6-9-19(10-7-16)28(31)32)24(30)26-20-14-18(25)8-11-22(20)33-2/h3-14H,1-2H3,(H,26,30)(H,27,29). The minimum Gasteiger partial charge on any atom is -0.495 e. The molecule has 2 N–H and O–H groups in total. The second-order valence-electron chi connectivity index (χ2n) is 7.03. The number of nitro groups is 1. The Kier molecular flexibility index (Phi) is 7.42. The fourth-order valence-electron chi connectivity index (χ4n) is 2.97. The zero-order valence-electron chi connectivity index (χ0n) is 17.8. The average Bonchev–Trinajstić information content (AvgIpc) is 2.79. The molecule has 0 radical (unpaired) electrons. The normalized spacial score (nSPS) is 10.9. The number of carbonyl (C=O) groups excluding carboxylic acids is 2. The number of nitrogens with one attached hydrogen (secondary N) is 2. The number of halogens is 1. The minimum atomic E-state index is -0.630. The lowest BCUT2D eigenvalue weighted by Crippen LogP contribution is -2.30. The van der Waals surface area contributed by atoms with E-state index in [1.807, 2.05) is 13.0 Å². The summed E-state index contributed by atoms with van der Waals surface area (Å²) < 4.78 is 5.25. The fraction of sp³-hybridized carbons (Fsp3) is 0.0833. The van der Waals surface area contributed by atoms with E-state index in [4.69, 9.17) is 16.3 Å². The van der Waals surface area contributed by atoms with E-state index in [0.29, 0.717) is 27.6 Å². The van der Waals surface area contributed by atoms with Gasteiger partial charge in [0.05, 0.1) is 17.7 Å². The monoisotopic (exact) mass is 465 g/mol. The molecule has 33 heavy (non-hydrogen) atoms. The zero-order valence-corrected chi connectivity index (χ0v) is 18.6. The van der Waals surface area contributed by atoms with E-state index in [-0.39, 0.29) is 11.4 Å².